The molecule has 2 aliphatic carbocycles. The van der Waals surface area contributed by atoms with Crippen molar-refractivity contribution in [1.29, 1.82) is 0 Å². The standard InChI is InChI=1S/C20H25NO2Si/c1-20(2,3)24(4,5)23-19-15-11-12(22)10-14(15)17-13-8-6-7-9-16(13)21-18(17)19/h6-10,15,19,21H,11H2,1-5H3/t15-,19-/m1/s1. The van der Waals surface area contributed by atoms with Gasteiger partial charge in [-0.3, -0.25) is 4.79 Å². The van der Waals surface area contributed by atoms with Gasteiger partial charge in [0.1, 0.15) is 0 Å². The Hall–Kier alpha value is -1.65. The molecular weight excluding hydrogens is 314 g/mol. The molecule has 0 saturated heterocycles. The second-order valence-electron chi connectivity index (χ2n) is 8.63. The van der Waals surface area contributed by atoms with Gasteiger partial charge in [-0.2, -0.15) is 0 Å². The fourth-order valence-corrected chi connectivity index (χ4v) is 4.99. The van der Waals surface area contributed by atoms with Crippen molar-refractivity contribution >= 4 is 30.6 Å². The number of fused-ring (bicyclic) bond motifs is 5. The minimum Gasteiger partial charge on any atom is -0.408 e. The molecular formula is C20H25NO2Si. The van der Waals surface area contributed by atoms with E-state index in [0.717, 1.165) is 5.52 Å². The van der Waals surface area contributed by atoms with Gasteiger partial charge < -0.3 is 9.41 Å². The average Bonchev–Trinajstić information content (AvgIpc) is 3.09. The Bertz CT molecular complexity index is 869. The molecule has 2 atom stereocenters. The number of carbonyl (C=O) groups excluding carboxylic acids is 1. The number of H-pyrrole nitrogens is 1. The Kier molecular flexibility index (Phi) is 3.25. The van der Waals surface area contributed by atoms with E-state index in [-0.39, 0.29) is 22.8 Å². The highest BCUT2D eigenvalue weighted by atomic mass is 28.4. The minimum absolute atomic E-state index is 0.0222. The third-order valence-corrected chi connectivity index (χ3v) is 10.5. The molecule has 0 unspecified atom stereocenters. The summed E-state index contributed by atoms with van der Waals surface area (Å²) in [5.41, 5.74) is 4.69. The summed E-state index contributed by atoms with van der Waals surface area (Å²) >= 11 is 0. The molecule has 2 aliphatic rings. The molecule has 0 fully saturated rings. The van der Waals surface area contributed by atoms with Crippen molar-refractivity contribution in [1.82, 2.24) is 4.98 Å². The normalized spacial score (nSPS) is 23.5. The van der Waals surface area contributed by atoms with Crippen molar-refractivity contribution in [3.8, 4) is 0 Å². The average molecular weight is 340 g/mol. The summed E-state index contributed by atoms with van der Waals surface area (Å²) in [7, 11) is -1.93. The van der Waals surface area contributed by atoms with Gasteiger partial charge in [0.25, 0.3) is 0 Å². The van der Waals surface area contributed by atoms with Gasteiger partial charge in [0.15, 0.2) is 14.1 Å². The number of allylic oxidation sites excluding steroid dienone is 1. The first-order valence-corrected chi connectivity index (χ1v) is 11.6. The molecule has 4 rings (SSSR count). The number of para-hydroxylation sites is 1. The predicted octanol–water partition coefficient (Wildman–Crippen LogP) is 5.22. The Morgan fingerprint density at radius 3 is 2.62 bits per heavy atom. The fraction of sp³-hybridized carbons (Fsp3) is 0.450. The van der Waals surface area contributed by atoms with E-state index in [1.165, 1.54) is 22.2 Å². The van der Waals surface area contributed by atoms with Crippen LogP contribution in [0.3, 0.4) is 0 Å². The molecule has 1 heterocycles. The molecule has 2 aromatic rings. The van der Waals surface area contributed by atoms with Gasteiger partial charge in [-0.25, -0.2) is 0 Å². The van der Waals surface area contributed by atoms with Crippen LogP contribution in [0.2, 0.25) is 18.1 Å². The molecule has 4 heteroatoms. The summed E-state index contributed by atoms with van der Waals surface area (Å²) in [5, 5.41) is 1.36. The number of hydrogen-bond donors (Lipinski definition) is 1. The van der Waals surface area contributed by atoms with E-state index in [9.17, 15) is 4.79 Å². The number of rotatable bonds is 2. The zero-order valence-corrected chi connectivity index (χ0v) is 16.1. The lowest BCUT2D eigenvalue weighted by molar-refractivity contribution is -0.114. The Balaban J connectivity index is 1.85. The molecule has 1 aromatic heterocycles. The van der Waals surface area contributed by atoms with Crippen LogP contribution in [-0.2, 0) is 9.22 Å². The summed E-state index contributed by atoms with van der Waals surface area (Å²) in [6.45, 7) is 11.4. The van der Waals surface area contributed by atoms with E-state index in [4.69, 9.17) is 4.43 Å². The molecule has 0 amide bonds. The van der Waals surface area contributed by atoms with Gasteiger partial charge in [0.05, 0.1) is 11.8 Å². The zero-order chi connectivity index (χ0) is 17.3. The maximum Gasteiger partial charge on any atom is 0.193 e. The summed E-state index contributed by atoms with van der Waals surface area (Å²) in [4.78, 5) is 15.7. The summed E-state index contributed by atoms with van der Waals surface area (Å²) in [6.07, 6.45) is 2.40. The van der Waals surface area contributed by atoms with Gasteiger partial charge in [-0.1, -0.05) is 39.0 Å². The third kappa shape index (κ3) is 2.16. The molecule has 126 valence electrons. The Morgan fingerprint density at radius 1 is 1.21 bits per heavy atom. The number of aromatic nitrogens is 1. The maximum absolute atomic E-state index is 12.1. The molecule has 3 nitrogen and oxygen atoms in total. The van der Waals surface area contributed by atoms with E-state index in [1.807, 2.05) is 12.1 Å². The van der Waals surface area contributed by atoms with Gasteiger partial charge in [0.2, 0.25) is 0 Å². The van der Waals surface area contributed by atoms with Crippen LogP contribution in [0.4, 0.5) is 0 Å². The monoisotopic (exact) mass is 339 g/mol. The Morgan fingerprint density at radius 2 is 1.92 bits per heavy atom. The predicted molar refractivity (Wildman–Crippen MR) is 100 cm³/mol. The molecule has 0 radical (unpaired) electrons. The molecule has 0 spiro atoms. The van der Waals surface area contributed by atoms with Gasteiger partial charge in [-0.05, 0) is 35.8 Å². The van der Waals surface area contributed by atoms with Crippen LogP contribution in [0.25, 0.3) is 16.5 Å². The first-order chi connectivity index (χ1) is 11.2. The van der Waals surface area contributed by atoms with Crippen LogP contribution in [0.1, 0.15) is 44.6 Å². The van der Waals surface area contributed by atoms with E-state index in [1.54, 1.807) is 0 Å². The van der Waals surface area contributed by atoms with E-state index < -0.39 is 8.32 Å². The topological polar surface area (TPSA) is 42.1 Å². The molecule has 1 aromatic carbocycles. The first-order valence-electron chi connectivity index (χ1n) is 8.72. The SMILES string of the molecule is CC(C)(C)[Si](C)(C)O[C@H]1c2[nH]c3ccccc3c2C2=CC(=O)C[C@H]21. The molecule has 0 aliphatic heterocycles. The van der Waals surface area contributed by atoms with E-state index in [2.05, 4.69) is 57.0 Å². The van der Waals surface area contributed by atoms with Crippen LogP contribution in [0.5, 0.6) is 0 Å². The van der Waals surface area contributed by atoms with Crippen molar-refractivity contribution in [2.24, 2.45) is 5.92 Å². The summed E-state index contributed by atoms with van der Waals surface area (Å²) in [5.74, 6) is 0.409. The van der Waals surface area contributed by atoms with Gasteiger partial charge in [0, 0.05) is 28.8 Å². The number of aromatic amines is 1. The second-order valence-corrected chi connectivity index (χ2v) is 13.4. The highest BCUT2D eigenvalue weighted by molar-refractivity contribution is 6.74. The quantitative estimate of drug-likeness (QED) is 0.763. The molecule has 24 heavy (non-hydrogen) atoms. The second kappa shape index (κ2) is 4.93. The number of benzene rings is 1. The zero-order valence-electron chi connectivity index (χ0n) is 15.1. The maximum atomic E-state index is 12.1. The number of hydrogen-bond acceptors (Lipinski definition) is 2. The van der Waals surface area contributed by atoms with Crippen molar-refractivity contribution in [2.45, 2.75) is 51.4 Å². The van der Waals surface area contributed by atoms with Gasteiger partial charge >= 0.3 is 0 Å². The van der Waals surface area contributed by atoms with Crippen LogP contribution in [-0.4, -0.2) is 19.1 Å². The van der Waals surface area contributed by atoms with Crippen molar-refractivity contribution in [2.75, 3.05) is 0 Å². The summed E-state index contributed by atoms with van der Waals surface area (Å²) < 4.78 is 6.80. The Labute approximate surface area is 144 Å². The van der Waals surface area contributed by atoms with Crippen LogP contribution < -0.4 is 0 Å². The molecule has 0 saturated carbocycles. The first kappa shape index (κ1) is 15.9. The van der Waals surface area contributed by atoms with Crippen LogP contribution in [0, 0.1) is 5.92 Å². The number of ketones is 1. The lowest BCUT2D eigenvalue weighted by Gasteiger charge is -2.39. The molecule has 1 N–H and O–H groups in total. The number of carbonyl (C=O) groups is 1. The number of nitrogens with one attached hydrogen (secondary N) is 1. The van der Waals surface area contributed by atoms with Crippen molar-refractivity contribution < 1.29 is 9.22 Å². The van der Waals surface area contributed by atoms with Crippen molar-refractivity contribution in [3.63, 3.8) is 0 Å². The van der Waals surface area contributed by atoms with E-state index >= 15 is 0 Å². The van der Waals surface area contributed by atoms with Crippen LogP contribution in [0.15, 0.2) is 30.3 Å². The summed E-state index contributed by atoms with van der Waals surface area (Å²) in [6, 6.07) is 8.34. The fourth-order valence-electron chi connectivity index (χ4n) is 3.72. The lowest BCUT2D eigenvalue weighted by atomic mass is 9.99. The highest BCUT2D eigenvalue weighted by Crippen LogP contribution is 2.55. The van der Waals surface area contributed by atoms with Crippen molar-refractivity contribution in [3.05, 3.63) is 41.6 Å². The highest BCUT2D eigenvalue weighted by Gasteiger charge is 2.48. The molecule has 0 bridgehead atoms. The van der Waals surface area contributed by atoms with Crippen LogP contribution >= 0.6 is 0 Å². The third-order valence-electron chi connectivity index (χ3n) is 6.04. The minimum atomic E-state index is -1.93. The van der Waals surface area contributed by atoms with E-state index in [0.29, 0.717) is 6.42 Å². The van der Waals surface area contributed by atoms with Gasteiger partial charge in [-0.15, -0.1) is 0 Å². The smallest absolute Gasteiger partial charge is 0.193 e. The largest absolute Gasteiger partial charge is 0.408 e. The lowest BCUT2D eigenvalue weighted by Crippen LogP contribution is -2.42.